The minimum Gasteiger partial charge on any atom is -0.381 e. The van der Waals surface area contributed by atoms with Crippen LogP contribution in [0, 0.1) is 23.7 Å². The number of fused-ring (bicyclic) bond motifs is 3. The van der Waals surface area contributed by atoms with Gasteiger partial charge >= 0.3 is 0 Å². The van der Waals surface area contributed by atoms with Crippen molar-refractivity contribution >= 4 is 0 Å². The highest BCUT2D eigenvalue weighted by atomic mass is 19.1. The Bertz CT molecular complexity index is 962. The lowest BCUT2D eigenvalue weighted by Gasteiger charge is -2.41. The summed E-state index contributed by atoms with van der Waals surface area (Å²) in [6.45, 7) is 6.88. The van der Waals surface area contributed by atoms with Crippen LogP contribution in [0.2, 0.25) is 0 Å². The molecule has 5 atom stereocenters. The molecular weight excluding hydrogens is 345 g/mol. The van der Waals surface area contributed by atoms with Crippen LogP contribution in [-0.4, -0.2) is 6.04 Å². The maximum atomic E-state index is 13.7. The summed E-state index contributed by atoms with van der Waals surface area (Å²) in [4.78, 5) is 0. The fourth-order valence-corrected chi connectivity index (χ4v) is 5.78. The van der Waals surface area contributed by atoms with Gasteiger partial charge in [0, 0.05) is 11.8 Å². The molecular formula is C26H28FN. The second-order valence-electron chi connectivity index (χ2n) is 9.03. The zero-order valence-electron chi connectivity index (χ0n) is 16.9. The Hall–Kier alpha value is -2.35. The summed E-state index contributed by atoms with van der Waals surface area (Å²) in [5.41, 5.74) is 8.63. The van der Waals surface area contributed by atoms with Crippen molar-refractivity contribution in [2.75, 3.05) is 0 Å². The van der Waals surface area contributed by atoms with Crippen LogP contribution in [-0.2, 0) is 0 Å². The fourth-order valence-electron chi connectivity index (χ4n) is 5.78. The van der Waals surface area contributed by atoms with Crippen molar-refractivity contribution in [3.05, 3.63) is 94.1 Å². The molecule has 0 amide bonds. The van der Waals surface area contributed by atoms with Crippen LogP contribution in [0.5, 0.6) is 0 Å². The molecule has 0 saturated carbocycles. The van der Waals surface area contributed by atoms with E-state index in [2.05, 4.69) is 68.7 Å². The van der Waals surface area contributed by atoms with Gasteiger partial charge in [-0.25, -0.2) is 4.39 Å². The Morgan fingerprint density at radius 3 is 2.68 bits per heavy atom. The highest BCUT2D eigenvalue weighted by Crippen LogP contribution is 2.48. The summed E-state index contributed by atoms with van der Waals surface area (Å²) in [6, 6.07) is 0.292. The lowest BCUT2D eigenvalue weighted by molar-refractivity contribution is 0.491. The zero-order valence-corrected chi connectivity index (χ0v) is 16.9. The summed E-state index contributed by atoms with van der Waals surface area (Å²) < 4.78 is 13.7. The summed E-state index contributed by atoms with van der Waals surface area (Å²) in [5.74, 6) is 1.43. The maximum absolute atomic E-state index is 13.7. The second-order valence-corrected chi connectivity index (χ2v) is 9.03. The van der Waals surface area contributed by atoms with Crippen molar-refractivity contribution in [2.24, 2.45) is 23.7 Å². The molecule has 5 rings (SSSR count). The van der Waals surface area contributed by atoms with Crippen LogP contribution < -0.4 is 5.32 Å². The number of hydrogen-bond donors (Lipinski definition) is 1. The predicted molar refractivity (Wildman–Crippen MR) is 114 cm³/mol. The molecule has 2 heteroatoms. The van der Waals surface area contributed by atoms with Gasteiger partial charge in [-0.05, 0) is 78.3 Å². The van der Waals surface area contributed by atoms with E-state index >= 15 is 0 Å². The van der Waals surface area contributed by atoms with E-state index in [1.165, 1.54) is 33.4 Å². The molecule has 28 heavy (non-hydrogen) atoms. The molecule has 0 spiro atoms. The van der Waals surface area contributed by atoms with Gasteiger partial charge in [-0.3, -0.25) is 0 Å². The second kappa shape index (κ2) is 6.62. The van der Waals surface area contributed by atoms with E-state index in [0.29, 0.717) is 23.8 Å². The molecule has 1 heterocycles. The summed E-state index contributed by atoms with van der Waals surface area (Å²) in [5, 5.41) is 3.66. The summed E-state index contributed by atoms with van der Waals surface area (Å²) >= 11 is 0. The molecule has 1 N–H and O–H groups in total. The first-order valence-electron chi connectivity index (χ1n) is 10.5. The Balaban J connectivity index is 1.58. The normalized spacial score (nSPS) is 36.1. The zero-order chi connectivity index (χ0) is 19.4. The molecule has 1 aliphatic heterocycles. The smallest absolute Gasteiger partial charge is 0.119 e. The first-order valence-corrected chi connectivity index (χ1v) is 10.5. The molecule has 0 saturated heterocycles. The van der Waals surface area contributed by atoms with Crippen molar-refractivity contribution in [1.29, 1.82) is 0 Å². The van der Waals surface area contributed by atoms with E-state index in [1.807, 2.05) is 0 Å². The largest absolute Gasteiger partial charge is 0.381 e. The van der Waals surface area contributed by atoms with Gasteiger partial charge in [0.25, 0.3) is 0 Å². The molecule has 0 aromatic carbocycles. The fraction of sp³-hybridized carbons (Fsp3) is 0.385. The van der Waals surface area contributed by atoms with Gasteiger partial charge in [0.05, 0.1) is 6.04 Å². The summed E-state index contributed by atoms with van der Waals surface area (Å²) in [6.07, 6.45) is 21.2. The van der Waals surface area contributed by atoms with Crippen LogP contribution in [0.4, 0.5) is 4.39 Å². The minimum atomic E-state index is -0.109. The Kier molecular flexibility index (Phi) is 4.19. The molecule has 0 aromatic heterocycles. The number of halogens is 1. The molecule has 0 aromatic rings. The third-order valence-corrected chi connectivity index (χ3v) is 6.83. The molecule has 0 radical (unpaired) electrons. The molecule has 0 bridgehead atoms. The molecule has 144 valence electrons. The number of nitrogens with one attached hydrogen (secondary N) is 1. The lowest BCUT2D eigenvalue weighted by atomic mass is 9.66. The van der Waals surface area contributed by atoms with Crippen LogP contribution >= 0.6 is 0 Å². The molecule has 1 nitrogen and oxygen atoms in total. The van der Waals surface area contributed by atoms with Crippen LogP contribution in [0.3, 0.4) is 0 Å². The van der Waals surface area contributed by atoms with Crippen molar-refractivity contribution in [1.82, 2.24) is 5.32 Å². The van der Waals surface area contributed by atoms with Crippen LogP contribution in [0.1, 0.15) is 33.6 Å². The Morgan fingerprint density at radius 1 is 1.00 bits per heavy atom. The van der Waals surface area contributed by atoms with Crippen molar-refractivity contribution in [3.8, 4) is 0 Å². The van der Waals surface area contributed by atoms with Gasteiger partial charge in [0.1, 0.15) is 5.83 Å². The molecule has 4 aliphatic carbocycles. The predicted octanol–water partition coefficient (Wildman–Crippen LogP) is 6.24. The Labute approximate surface area is 167 Å². The molecule has 0 fully saturated rings. The number of hydrogen-bond acceptors (Lipinski definition) is 1. The number of dihydropyridines is 1. The minimum absolute atomic E-state index is 0.109. The number of rotatable bonds is 1. The van der Waals surface area contributed by atoms with E-state index in [0.717, 1.165) is 12.8 Å². The van der Waals surface area contributed by atoms with Crippen molar-refractivity contribution in [2.45, 2.75) is 39.7 Å². The van der Waals surface area contributed by atoms with Crippen LogP contribution in [0.25, 0.3) is 0 Å². The Morgan fingerprint density at radius 2 is 1.86 bits per heavy atom. The van der Waals surface area contributed by atoms with E-state index in [1.54, 1.807) is 12.2 Å². The maximum Gasteiger partial charge on any atom is 0.119 e. The van der Waals surface area contributed by atoms with E-state index in [-0.39, 0.29) is 11.7 Å². The molecule has 5 aliphatic rings. The SMILES string of the molecule is CC1=CC(C)CC(C2NC=CC3=C2C(C)CC2=C3C=CC3C=C(F)C=CC23)=C1. The van der Waals surface area contributed by atoms with Gasteiger partial charge < -0.3 is 5.32 Å². The topological polar surface area (TPSA) is 12.0 Å². The number of allylic oxidation sites excluding steroid dienone is 13. The average Bonchev–Trinajstić information content (AvgIpc) is 2.66. The monoisotopic (exact) mass is 373 g/mol. The third-order valence-electron chi connectivity index (χ3n) is 6.83. The average molecular weight is 374 g/mol. The van der Waals surface area contributed by atoms with E-state index in [4.69, 9.17) is 0 Å². The standard InChI is InChI=1S/C26H28FN/c1-15-10-16(2)12-19(11-15)26-25-17(3)13-24-21-7-5-20(27)14-18(21)4-6-22(24)23(25)8-9-28-26/h4-11,14,16-18,21,26,28H,12-13H2,1-3H3. The molecule has 5 unspecified atom stereocenters. The van der Waals surface area contributed by atoms with Gasteiger partial charge in [-0.15, -0.1) is 0 Å². The summed E-state index contributed by atoms with van der Waals surface area (Å²) in [7, 11) is 0. The highest BCUT2D eigenvalue weighted by molar-refractivity contribution is 5.62. The van der Waals surface area contributed by atoms with Crippen molar-refractivity contribution < 1.29 is 4.39 Å². The lowest BCUT2D eigenvalue weighted by Crippen LogP contribution is -2.38. The van der Waals surface area contributed by atoms with Gasteiger partial charge in [0.2, 0.25) is 0 Å². The van der Waals surface area contributed by atoms with E-state index in [9.17, 15) is 4.39 Å². The first kappa shape index (κ1) is 17.7. The van der Waals surface area contributed by atoms with Gasteiger partial charge in [-0.1, -0.05) is 55.4 Å². The van der Waals surface area contributed by atoms with Crippen LogP contribution in [0.15, 0.2) is 94.1 Å². The van der Waals surface area contributed by atoms with Gasteiger partial charge in [0.15, 0.2) is 0 Å². The third kappa shape index (κ3) is 2.82. The van der Waals surface area contributed by atoms with E-state index < -0.39 is 0 Å². The van der Waals surface area contributed by atoms with Gasteiger partial charge in [-0.2, -0.15) is 0 Å². The van der Waals surface area contributed by atoms with Crippen molar-refractivity contribution in [3.63, 3.8) is 0 Å². The quantitative estimate of drug-likeness (QED) is 0.573. The first-order chi connectivity index (χ1) is 13.5. The highest BCUT2D eigenvalue weighted by Gasteiger charge is 2.37.